The SMILES string of the molecule is COC(=O)c1cc(SCc2nc(-c3ccno3)cs2)cs1. The molecule has 0 saturated heterocycles. The Kier molecular flexibility index (Phi) is 4.37. The van der Waals surface area contributed by atoms with Crippen molar-refractivity contribution in [2.45, 2.75) is 10.6 Å². The first-order valence-corrected chi connectivity index (χ1v) is 8.66. The van der Waals surface area contributed by atoms with E-state index < -0.39 is 0 Å². The van der Waals surface area contributed by atoms with E-state index in [0.29, 0.717) is 10.6 Å². The quantitative estimate of drug-likeness (QED) is 0.518. The first-order chi connectivity index (χ1) is 10.3. The molecule has 0 atom stereocenters. The van der Waals surface area contributed by atoms with E-state index in [1.54, 1.807) is 35.4 Å². The van der Waals surface area contributed by atoms with Crippen molar-refractivity contribution in [2.75, 3.05) is 7.11 Å². The minimum atomic E-state index is -0.297. The van der Waals surface area contributed by atoms with Crippen LogP contribution in [0.25, 0.3) is 11.5 Å². The standard InChI is InChI=1S/C13H10N2O3S3/c1-17-13(16)11-4-8(5-20-11)19-7-12-15-9(6-21-12)10-2-3-14-18-10/h2-6H,7H2,1H3. The number of hydrogen-bond donors (Lipinski definition) is 0. The van der Waals surface area contributed by atoms with E-state index in [4.69, 9.17) is 9.26 Å². The van der Waals surface area contributed by atoms with Crippen LogP contribution in [0.2, 0.25) is 0 Å². The highest BCUT2D eigenvalue weighted by Gasteiger charge is 2.11. The second kappa shape index (κ2) is 6.42. The van der Waals surface area contributed by atoms with E-state index in [1.807, 2.05) is 16.8 Å². The molecule has 0 N–H and O–H groups in total. The average molecular weight is 338 g/mol. The zero-order valence-corrected chi connectivity index (χ0v) is 13.4. The number of rotatable bonds is 5. The molecular formula is C13H10N2O3S3. The molecule has 3 heterocycles. The summed E-state index contributed by atoms with van der Waals surface area (Å²) in [6, 6.07) is 3.62. The molecule has 0 amide bonds. The monoisotopic (exact) mass is 338 g/mol. The van der Waals surface area contributed by atoms with Gasteiger partial charge < -0.3 is 9.26 Å². The van der Waals surface area contributed by atoms with Crippen molar-refractivity contribution in [1.29, 1.82) is 0 Å². The van der Waals surface area contributed by atoms with Gasteiger partial charge in [-0.3, -0.25) is 0 Å². The van der Waals surface area contributed by atoms with Crippen LogP contribution in [0.15, 0.2) is 38.5 Å². The maximum Gasteiger partial charge on any atom is 0.348 e. The third kappa shape index (κ3) is 3.34. The molecule has 0 unspecified atom stereocenters. The molecule has 108 valence electrons. The fraction of sp³-hybridized carbons (Fsp3) is 0.154. The van der Waals surface area contributed by atoms with Gasteiger partial charge in [-0.2, -0.15) is 0 Å². The Morgan fingerprint density at radius 1 is 1.43 bits per heavy atom. The topological polar surface area (TPSA) is 65.2 Å². The summed E-state index contributed by atoms with van der Waals surface area (Å²) >= 11 is 4.60. The summed E-state index contributed by atoms with van der Waals surface area (Å²) in [5.41, 5.74) is 0.800. The number of thiazole rings is 1. The lowest BCUT2D eigenvalue weighted by Gasteiger charge is -1.94. The number of esters is 1. The van der Waals surface area contributed by atoms with Crippen molar-refractivity contribution >= 4 is 40.4 Å². The number of carbonyl (C=O) groups is 1. The van der Waals surface area contributed by atoms with Gasteiger partial charge in [-0.15, -0.1) is 34.4 Å². The number of thiophene rings is 1. The van der Waals surface area contributed by atoms with Gasteiger partial charge in [-0.1, -0.05) is 5.16 Å². The molecule has 8 heteroatoms. The van der Waals surface area contributed by atoms with Crippen LogP contribution >= 0.6 is 34.4 Å². The van der Waals surface area contributed by atoms with E-state index in [2.05, 4.69) is 10.1 Å². The van der Waals surface area contributed by atoms with Crippen LogP contribution < -0.4 is 0 Å². The van der Waals surface area contributed by atoms with Gasteiger partial charge in [0, 0.05) is 21.7 Å². The number of ether oxygens (including phenoxy) is 1. The molecule has 0 radical (unpaired) electrons. The molecule has 0 spiro atoms. The summed E-state index contributed by atoms with van der Waals surface area (Å²) in [6.07, 6.45) is 1.60. The van der Waals surface area contributed by atoms with Crippen molar-refractivity contribution in [3.8, 4) is 11.5 Å². The first kappa shape index (κ1) is 14.3. The molecular weight excluding hydrogens is 328 g/mol. The number of methoxy groups -OCH3 is 1. The second-order valence-corrected chi connectivity index (χ2v) is 6.83. The minimum Gasteiger partial charge on any atom is -0.465 e. The first-order valence-electron chi connectivity index (χ1n) is 5.91. The van der Waals surface area contributed by atoms with E-state index in [1.165, 1.54) is 18.4 Å². The van der Waals surface area contributed by atoms with Gasteiger partial charge in [-0.05, 0) is 6.07 Å². The van der Waals surface area contributed by atoms with Crippen LogP contribution in [0, 0.1) is 0 Å². The lowest BCUT2D eigenvalue weighted by Crippen LogP contribution is -1.96. The fourth-order valence-electron chi connectivity index (χ4n) is 1.59. The minimum absolute atomic E-state index is 0.297. The maximum absolute atomic E-state index is 11.4. The molecule has 0 aliphatic carbocycles. The maximum atomic E-state index is 11.4. The number of aromatic nitrogens is 2. The molecule has 0 saturated carbocycles. The van der Waals surface area contributed by atoms with Crippen LogP contribution in [0.3, 0.4) is 0 Å². The molecule has 0 fully saturated rings. The van der Waals surface area contributed by atoms with Crippen molar-refractivity contribution in [1.82, 2.24) is 10.1 Å². The fourth-order valence-corrected chi connectivity index (χ4v) is 4.33. The highest BCUT2D eigenvalue weighted by Crippen LogP contribution is 2.30. The average Bonchev–Trinajstić information content (AvgIpc) is 3.23. The Labute approximate surface area is 133 Å². The van der Waals surface area contributed by atoms with Gasteiger partial charge in [0.05, 0.1) is 19.1 Å². The molecule has 3 aromatic heterocycles. The number of thioether (sulfide) groups is 1. The van der Waals surface area contributed by atoms with Gasteiger partial charge in [0.25, 0.3) is 0 Å². The number of carbonyl (C=O) groups excluding carboxylic acids is 1. The zero-order chi connectivity index (χ0) is 14.7. The summed E-state index contributed by atoms with van der Waals surface area (Å²) in [5, 5.41) is 8.56. The van der Waals surface area contributed by atoms with Gasteiger partial charge >= 0.3 is 5.97 Å². The summed E-state index contributed by atoms with van der Waals surface area (Å²) in [4.78, 5) is 17.5. The van der Waals surface area contributed by atoms with Crippen molar-refractivity contribution in [3.05, 3.63) is 39.0 Å². The third-order valence-electron chi connectivity index (χ3n) is 2.57. The summed E-state index contributed by atoms with van der Waals surface area (Å²) in [6.45, 7) is 0. The predicted octanol–water partition coefficient (Wildman–Crippen LogP) is 3.94. The molecule has 0 aliphatic rings. The summed E-state index contributed by atoms with van der Waals surface area (Å²) in [7, 11) is 1.38. The molecule has 0 aliphatic heterocycles. The highest BCUT2D eigenvalue weighted by atomic mass is 32.2. The van der Waals surface area contributed by atoms with Crippen LogP contribution in [-0.4, -0.2) is 23.2 Å². The van der Waals surface area contributed by atoms with Crippen molar-refractivity contribution in [3.63, 3.8) is 0 Å². The zero-order valence-electron chi connectivity index (χ0n) is 10.9. The van der Waals surface area contributed by atoms with E-state index in [0.717, 1.165) is 21.3 Å². The molecule has 3 rings (SSSR count). The van der Waals surface area contributed by atoms with E-state index >= 15 is 0 Å². The van der Waals surface area contributed by atoms with Gasteiger partial charge in [0.2, 0.25) is 0 Å². The Bertz CT molecular complexity index is 734. The van der Waals surface area contributed by atoms with Gasteiger partial charge in [-0.25, -0.2) is 9.78 Å². The smallest absolute Gasteiger partial charge is 0.348 e. The van der Waals surface area contributed by atoms with Crippen LogP contribution in [0.4, 0.5) is 0 Å². The highest BCUT2D eigenvalue weighted by molar-refractivity contribution is 7.98. The van der Waals surface area contributed by atoms with Gasteiger partial charge in [0.1, 0.15) is 15.6 Å². The summed E-state index contributed by atoms with van der Waals surface area (Å²) < 4.78 is 9.77. The molecule has 5 nitrogen and oxygen atoms in total. The van der Waals surface area contributed by atoms with Crippen LogP contribution in [-0.2, 0) is 10.5 Å². The van der Waals surface area contributed by atoms with Gasteiger partial charge in [0.15, 0.2) is 5.76 Å². The van der Waals surface area contributed by atoms with Crippen LogP contribution in [0.1, 0.15) is 14.7 Å². The number of nitrogens with zero attached hydrogens (tertiary/aromatic N) is 2. The Hall–Kier alpha value is -1.64. The lowest BCUT2D eigenvalue weighted by atomic mass is 10.4. The van der Waals surface area contributed by atoms with Crippen molar-refractivity contribution in [2.24, 2.45) is 0 Å². The molecule has 3 aromatic rings. The Balaban J connectivity index is 1.63. The molecule has 21 heavy (non-hydrogen) atoms. The van der Waals surface area contributed by atoms with Crippen molar-refractivity contribution < 1.29 is 14.1 Å². The second-order valence-electron chi connectivity index (χ2n) is 3.93. The molecule has 0 aromatic carbocycles. The largest absolute Gasteiger partial charge is 0.465 e. The lowest BCUT2D eigenvalue weighted by molar-refractivity contribution is 0.0606. The van der Waals surface area contributed by atoms with E-state index in [9.17, 15) is 4.79 Å². The Morgan fingerprint density at radius 3 is 3.10 bits per heavy atom. The number of hydrogen-bond acceptors (Lipinski definition) is 8. The van der Waals surface area contributed by atoms with E-state index in [-0.39, 0.29) is 5.97 Å². The normalized spacial score (nSPS) is 10.7. The predicted molar refractivity (Wildman–Crippen MR) is 82.8 cm³/mol. The summed E-state index contributed by atoms with van der Waals surface area (Å²) in [5.74, 6) is 1.12. The Morgan fingerprint density at radius 2 is 2.33 bits per heavy atom. The van der Waals surface area contributed by atoms with Crippen LogP contribution in [0.5, 0.6) is 0 Å². The third-order valence-corrected chi connectivity index (χ3v) is 5.64. The molecule has 0 bridgehead atoms.